The summed E-state index contributed by atoms with van der Waals surface area (Å²) in [7, 11) is 8.88. The Morgan fingerprint density at radius 1 is 0.523 bits per heavy atom. The zero-order valence-corrected chi connectivity index (χ0v) is 106. The van der Waals surface area contributed by atoms with Crippen molar-refractivity contribution in [2.45, 2.75) is 81.1 Å². The van der Waals surface area contributed by atoms with Crippen LogP contribution >= 0.6 is 31.9 Å². The number of hydrogen-bond donors (Lipinski definition) is 0. The van der Waals surface area contributed by atoms with E-state index in [1.165, 1.54) is 40.6 Å². The van der Waals surface area contributed by atoms with E-state index in [2.05, 4.69) is 93.8 Å². The Kier molecular flexibility index (Phi) is 117. The number of ether oxygens (including phenoxy) is 5. The third-order valence-electron chi connectivity index (χ3n) is 12.8. The second-order valence-electron chi connectivity index (χ2n) is 18.2. The molecule has 0 aliphatic carbocycles. The van der Waals surface area contributed by atoms with Gasteiger partial charge in [-0.1, -0.05) is 103 Å². The molecule has 9 rings (SSSR count). The van der Waals surface area contributed by atoms with Gasteiger partial charge in [0.15, 0.2) is 5.78 Å². The van der Waals surface area contributed by atoms with Crippen LogP contribution < -0.4 is 15.0 Å². The van der Waals surface area contributed by atoms with Gasteiger partial charge in [0.05, 0.1) is 61.4 Å². The molecule has 107 heavy (non-hydrogen) atoms. The minimum Gasteiger partial charge on any atom is -0.509 e. The van der Waals surface area contributed by atoms with E-state index in [9.17, 15) is 24.0 Å². The molecule has 0 bridgehead atoms. The minimum atomic E-state index is -0.536. The van der Waals surface area contributed by atoms with Crippen LogP contribution in [0.5, 0.6) is 11.5 Å². The summed E-state index contributed by atoms with van der Waals surface area (Å²) < 4.78 is 35.3. The number of fused-ring (bicyclic) bond motifs is 1. The molecule has 32 heteroatoms. The Morgan fingerprint density at radius 2 is 0.935 bits per heavy atom. The van der Waals surface area contributed by atoms with Crippen LogP contribution in [0, 0.1) is 76.6 Å². The number of methoxy groups -OCH3 is 5. The van der Waals surface area contributed by atoms with Crippen molar-refractivity contribution < 1.29 is 472 Å². The maximum atomic E-state index is 13.1. The van der Waals surface area contributed by atoms with Crippen molar-refractivity contribution in [3.05, 3.63) is 272 Å². The largest absolute Gasteiger partial charge is 0.509 e. The van der Waals surface area contributed by atoms with E-state index in [0.29, 0.717) is 63.4 Å². The molecule has 9 aromatic rings. The van der Waals surface area contributed by atoms with E-state index in [-0.39, 0.29) is 492 Å². The first-order valence-electron chi connectivity index (χ1n) is 28.1. The smallest absolute Gasteiger partial charge is 0.341 e. The predicted molar refractivity (Wildman–Crippen MR) is 389 cm³/mol. The summed E-state index contributed by atoms with van der Waals surface area (Å²) in [5.74, 6) is 0.499. The number of para-hydroxylation sites is 2. The van der Waals surface area contributed by atoms with Crippen LogP contribution in [-0.4, -0.2) is 68.6 Å². The first-order valence-corrected chi connectivity index (χ1v) is 29.7. The van der Waals surface area contributed by atoms with E-state index in [1.54, 1.807) is 72.5 Å². The van der Waals surface area contributed by atoms with Gasteiger partial charge in [-0.3, -0.25) is 14.3 Å². The number of nitrogens with zero attached hydrogens (tertiary/aromatic N) is 6. The number of carbonyl (C=O) groups is 4. The van der Waals surface area contributed by atoms with E-state index in [1.807, 2.05) is 127 Å². The van der Waals surface area contributed by atoms with E-state index < -0.39 is 17.9 Å². The van der Waals surface area contributed by atoms with Gasteiger partial charge in [-0.15, -0.1) is 60.7 Å². The first kappa shape index (κ1) is 150. The van der Waals surface area contributed by atoms with E-state index in [4.69, 9.17) is 18.6 Å². The fraction of sp³-hybridized carbons (Fsp3) is 0.240. The van der Waals surface area contributed by atoms with E-state index in [0.717, 1.165) is 54.5 Å². The van der Waals surface area contributed by atoms with Gasteiger partial charge in [0.1, 0.15) is 28.4 Å². The number of furan rings is 1. The molecular formula is C75H91Br2N6O11Y13-9. The summed E-state index contributed by atoms with van der Waals surface area (Å²) in [5, 5.41) is 17.1. The van der Waals surface area contributed by atoms with Crippen molar-refractivity contribution in [3.63, 3.8) is 0 Å². The Morgan fingerprint density at radius 3 is 1.34 bits per heavy atom. The molecule has 7 aromatic carbocycles. The molecule has 0 spiro atoms. The third kappa shape index (κ3) is 47.5. The van der Waals surface area contributed by atoms with Crippen LogP contribution in [0.25, 0.3) is 16.7 Å². The molecule has 0 aliphatic heterocycles. The summed E-state index contributed by atoms with van der Waals surface area (Å²) in [6.45, 7) is 18.2. The van der Waals surface area contributed by atoms with Crippen molar-refractivity contribution in [2.75, 3.05) is 35.5 Å². The second kappa shape index (κ2) is 83.5. The normalized spacial score (nSPS) is 8.83. The van der Waals surface area contributed by atoms with Crippen molar-refractivity contribution in [3.8, 4) is 17.2 Å². The standard InChI is InChI=1S/C18H14Br2O3.C17H15N2O5.C15H12N2O2.C15H20N2O.2C2H6.6CH3.13Y/c1-3-14-16(11-6-4-5-7-15(11)23-14)17(21)10-8-12(19)18(22-2)13(20)9-10;1-22-15-8-7-13(10-14(15)17(21)24-3)19-18-12-6-4-5-11(9-12)16(20)23-2;1-11-5-3-7-13(9-11)16-17-14-8-4-6-12(10-14)15(18)19-2;1-5-11(2)14-12(3)16(4)17(15(14)18)13-9-7-6-8-10-13;2*1-2;;;;;;;;;;;;;;;;;;;/h4-9H,3H2,1-2H3;4,6-10H,1-3H3;3-4,7-10H,1-2H3;6-11H,5H2,1-4H3;2*1-2H3;6*1H3;;;;;;;;;;;;;/q;-1;-2;;;;6*-1;;;;;;;;;;;;;. The van der Waals surface area contributed by atoms with Gasteiger partial charge in [-0.2, -0.15) is 38.2 Å². The summed E-state index contributed by atoms with van der Waals surface area (Å²) in [6, 6.07) is 49.3. The molecule has 17 nitrogen and oxygen atoms in total. The molecule has 2 aromatic heterocycles. The van der Waals surface area contributed by atoms with Crippen molar-refractivity contribution >= 4 is 89.3 Å². The van der Waals surface area contributed by atoms with Crippen LogP contribution in [-0.2, 0) is 453 Å². The molecule has 0 aliphatic rings. The fourth-order valence-corrected chi connectivity index (χ4v) is 9.87. The molecule has 2 heterocycles. The van der Waals surface area contributed by atoms with Gasteiger partial charge >= 0.3 is 5.97 Å². The van der Waals surface area contributed by atoms with Gasteiger partial charge in [-0.25, -0.2) is 9.48 Å². The molecule has 1 atom stereocenters. The number of ketones is 1. The quantitative estimate of drug-likeness (QED) is 0.0310. The number of azo groups is 2. The zero-order valence-electron chi connectivity index (χ0n) is 65.7. The van der Waals surface area contributed by atoms with Crippen LogP contribution in [0.2, 0.25) is 0 Å². The molecule has 0 N–H and O–H groups in total. The monoisotopic (exact) mass is 2570 g/mol. The number of benzene rings is 7. The number of rotatable bonds is 15. The third-order valence-corrected chi connectivity index (χ3v) is 14.0. The SMILES string of the molecule is CC.CC.CCC(C)c1c(C)n(C)n(-c2ccccc2)c1=O.CCc1oc2ccccc2c1C(=O)c1cc(Br)c(OC)c(Br)c1.COC(=O)c1[c-]ccc(N=Nc2cc[c-]c(C)c2)c1.COC(=O)c1[c-]ccc(N=Nc2ccc(OC)c(C(=O)OC)c2)c1.[CH3-].[CH3-].[CH3-].[CH3-].[CH3-].[CH3-].[Y].[Y].[Y].[Y].[Y].[Y].[Y].[Y].[Y].[Y].[Y].[Y].[Y]. The Bertz CT molecular complexity index is 3940. The van der Waals surface area contributed by atoms with Gasteiger partial charge < -0.3 is 82.3 Å². The number of hydrogen-bond acceptors (Lipinski definition) is 15. The van der Waals surface area contributed by atoms with Crippen molar-refractivity contribution in [1.29, 1.82) is 0 Å². The van der Waals surface area contributed by atoms with Gasteiger partial charge in [-0.05, 0) is 105 Å². The van der Waals surface area contributed by atoms with Crippen LogP contribution in [0.4, 0.5) is 22.7 Å². The maximum absolute atomic E-state index is 13.1. The topological polar surface area (TPSA) is 204 Å². The molecule has 0 amide bonds. The van der Waals surface area contributed by atoms with Crippen LogP contribution in [0.3, 0.4) is 0 Å². The average Bonchev–Trinajstić information content (AvgIpc) is 1.65. The molecule has 1 unspecified atom stereocenters. The minimum absolute atomic E-state index is 0. The number of halogens is 2. The summed E-state index contributed by atoms with van der Waals surface area (Å²) in [6.07, 6.45) is 1.64. The summed E-state index contributed by atoms with van der Waals surface area (Å²) in [4.78, 5) is 60.2. The van der Waals surface area contributed by atoms with Gasteiger partial charge in [0, 0.05) is 472 Å². The predicted octanol–water partition coefficient (Wildman–Crippen LogP) is 20.8. The summed E-state index contributed by atoms with van der Waals surface area (Å²) in [5.41, 5.74) is 8.97. The molecular weight excluding hydrogens is 2480 g/mol. The number of aromatic nitrogens is 2. The Balaban J connectivity index is -0.0000000688. The summed E-state index contributed by atoms with van der Waals surface area (Å²) >= 11 is 6.89. The van der Waals surface area contributed by atoms with Gasteiger partial charge in [0.25, 0.3) is 5.56 Å². The molecule has 13 radical (unpaired) electrons. The van der Waals surface area contributed by atoms with Crippen molar-refractivity contribution in [2.24, 2.45) is 27.5 Å². The van der Waals surface area contributed by atoms with Crippen LogP contribution in [0.15, 0.2) is 178 Å². The van der Waals surface area contributed by atoms with E-state index >= 15 is 0 Å². The Hall–Kier alpha value is 5.28. The second-order valence-corrected chi connectivity index (χ2v) is 20.0. The molecule has 0 saturated carbocycles. The fourth-order valence-electron chi connectivity index (χ4n) is 8.36. The molecule has 0 saturated heterocycles. The molecule has 0 fully saturated rings. The Labute approximate surface area is 983 Å². The zero-order chi connectivity index (χ0) is 65.0. The number of carbonyl (C=O) groups excluding carboxylic acids is 4. The number of esters is 3. The maximum Gasteiger partial charge on any atom is 0.341 e. The number of aryl methyl sites for hydroxylation is 2. The molecule has 549 valence electrons. The average molecular weight is 2570 g/mol. The first-order chi connectivity index (χ1) is 42.4. The van der Waals surface area contributed by atoms with Gasteiger partial charge in [0.2, 0.25) is 11.9 Å². The van der Waals surface area contributed by atoms with Crippen molar-refractivity contribution in [1.82, 2.24) is 9.36 Å². The van der Waals surface area contributed by atoms with Crippen LogP contribution in [0.1, 0.15) is 130 Å².